The fourth-order valence-corrected chi connectivity index (χ4v) is 4.05. The van der Waals surface area contributed by atoms with Crippen molar-refractivity contribution in [2.45, 2.75) is 32.5 Å². The molecule has 1 unspecified atom stereocenters. The zero-order valence-electron chi connectivity index (χ0n) is 18.4. The summed E-state index contributed by atoms with van der Waals surface area (Å²) < 4.78 is 30.3. The molecule has 168 valence electrons. The number of benzene rings is 2. The number of hydrogen-bond donors (Lipinski definition) is 2. The zero-order chi connectivity index (χ0) is 22.5. The molecule has 1 fully saturated rings. The first-order valence-electron chi connectivity index (χ1n) is 10.7. The quantitative estimate of drug-likeness (QED) is 0.457. The highest BCUT2D eigenvalue weighted by Crippen LogP contribution is 2.26. The third-order valence-electron chi connectivity index (χ3n) is 5.73. The molecule has 3 aromatic rings. The van der Waals surface area contributed by atoms with Crippen LogP contribution in [0.25, 0.3) is 0 Å². The van der Waals surface area contributed by atoms with Crippen LogP contribution in [0.2, 0.25) is 0 Å². The molecule has 1 aromatic heterocycles. The van der Waals surface area contributed by atoms with Crippen LogP contribution in [-0.2, 0) is 13.1 Å². The molecule has 0 aliphatic carbocycles. The van der Waals surface area contributed by atoms with E-state index in [4.69, 9.17) is 0 Å². The van der Waals surface area contributed by atoms with Gasteiger partial charge in [0.1, 0.15) is 23.1 Å². The summed E-state index contributed by atoms with van der Waals surface area (Å²) in [7, 11) is 1.72. The fourth-order valence-electron chi connectivity index (χ4n) is 4.05. The number of nitrogens with one attached hydrogen (secondary N) is 2. The van der Waals surface area contributed by atoms with Gasteiger partial charge in [-0.05, 0) is 36.6 Å². The summed E-state index contributed by atoms with van der Waals surface area (Å²) in [6.45, 7) is 4.48. The van der Waals surface area contributed by atoms with Gasteiger partial charge in [0.2, 0.25) is 0 Å². The highest BCUT2D eigenvalue weighted by molar-refractivity contribution is 5.80. The van der Waals surface area contributed by atoms with E-state index in [0.29, 0.717) is 25.6 Å². The lowest BCUT2D eigenvalue weighted by atomic mass is 10.1. The Bertz CT molecular complexity index is 1070. The van der Waals surface area contributed by atoms with E-state index < -0.39 is 11.6 Å². The summed E-state index contributed by atoms with van der Waals surface area (Å²) >= 11 is 0. The van der Waals surface area contributed by atoms with Crippen LogP contribution >= 0.6 is 0 Å². The maximum Gasteiger partial charge on any atom is 0.191 e. The summed E-state index contributed by atoms with van der Waals surface area (Å²) in [5.74, 6) is 0.596. The van der Waals surface area contributed by atoms with Gasteiger partial charge in [-0.25, -0.2) is 13.8 Å². The SMILES string of the molecule is CN=C(NCc1cccc(Cn2ccnc2C)c1)NC1CCN(c2c(F)cccc2F)C1. The molecule has 1 atom stereocenters. The van der Waals surface area contributed by atoms with Crippen molar-refractivity contribution in [3.63, 3.8) is 0 Å². The van der Waals surface area contributed by atoms with Gasteiger partial charge in [0, 0.05) is 51.7 Å². The first-order chi connectivity index (χ1) is 15.5. The normalized spacial score (nSPS) is 16.4. The molecule has 2 aromatic carbocycles. The number of aliphatic imine (C=N–C) groups is 1. The van der Waals surface area contributed by atoms with Gasteiger partial charge in [-0.1, -0.05) is 30.3 Å². The first kappa shape index (κ1) is 21.8. The molecule has 2 N–H and O–H groups in total. The minimum absolute atomic E-state index is 0.0460. The standard InChI is InChI=1S/C24H28F2N6/c1-17-28-10-12-31(17)15-19-6-3-5-18(13-19)14-29-24(27-2)30-20-9-11-32(16-20)23-21(25)7-4-8-22(23)26/h3-8,10,12-13,20H,9,11,14-16H2,1-2H3,(H2,27,29,30). The number of rotatable bonds is 6. The van der Waals surface area contributed by atoms with Crippen LogP contribution in [0.15, 0.2) is 59.9 Å². The van der Waals surface area contributed by atoms with Crippen molar-refractivity contribution in [1.82, 2.24) is 20.2 Å². The van der Waals surface area contributed by atoms with E-state index in [1.54, 1.807) is 18.1 Å². The second-order valence-corrected chi connectivity index (χ2v) is 7.99. The number of aromatic nitrogens is 2. The van der Waals surface area contributed by atoms with E-state index in [2.05, 4.69) is 43.4 Å². The van der Waals surface area contributed by atoms with Gasteiger partial charge in [0.25, 0.3) is 0 Å². The predicted molar refractivity (Wildman–Crippen MR) is 123 cm³/mol. The minimum Gasteiger partial charge on any atom is -0.365 e. The van der Waals surface area contributed by atoms with E-state index in [1.807, 2.05) is 19.2 Å². The molecule has 0 spiro atoms. The first-order valence-corrected chi connectivity index (χ1v) is 10.7. The molecular formula is C24H28F2N6. The van der Waals surface area contributed by atoms with Crippen LogP contribution in [-0.4, -0.2) is 41.7 Å². The van der Waals surface area contributed by atoms with Gasteiger partial charge in [-0.15, -0.1) is 0 Å². The van der Waals surface area contributed by atoms with Crippen molar-refractivity contribution in [2.24, 2.45) is 4.99 Å². The Labute approximate surface area is 187 Å². The van der Waals surface area contributed by atoms with Crippen molar-refractivity contribution < 1.29 is 8.78 Å². The molecule has 4 rings (SSSR count). The Morgan fingerprint density at radius 3 is 2.62 bits per heavy atom. The lowest BCUT2D eigenvalue weighted by molar-refractivity contribution is 0.576. The monoisotopic (exact) mass is 438 g/mol. The van der Waals surface area contributed by atoms with Crippen molar-refractivity contribution in [3.05, 3.63) is 83.4 Å². The fraction of sp³-hybridized carbons (Fsp3) is 0.333. The highest BCUT2D eigenvalue weighted by Gasteiger charge is 2.27. The van der Waals surface area contributed by atoms with Crippen molar-refractivity contribution in [1.29, 1.82) is 0 Å². The summed E-state index contributed by atoms with van der Waals surface area (Å²) in [5, 5.41) is 6.71. The number of anilines is 1. The number of halogens is 2. The maximum atomic E-state index is 14.1. The van der Waals surface area contributed by atoms with Gasteiger partial charge >= 0.3 is 0 Å². The molecule has 2 heterocycles. The summed E-state index contributed by atoms with van der Waals surface area (Å²) in [6, 6.07) is 12.4. The van der Waals surface area contributed by atoms with Crippen LogP contribution in [0.3, 0.4) is 0 Å². The molecule has 0 saturated carbocycles. The van der Waals surface area contributed by atoms with E-state index in [1.165, 1.54) is 23.8 Å². The largest absolute Gasteiger partial charge is 0.365 e. The molecule has 6 nitrogen and oxygen atoms in total. The minimum atomic E-state index is -0.529. The Balaban J connectivity index is 1.32. The number of nitrogens with zero attached hydrogens (tertiary/aromatic N) is 4. The van der Waals surface area contributed by atoms with Crippen molar-refractivity contribution in [3.8, 4) is 0 Å². The number of para-hydroxylation sites is 1. The lowest BCUT2D eigenvalue weighted by Gasteiger charge is -2.21. The predicted octanol–water partition coefficient (Wildman–Crippen LogP) is 3.46. The average molecular weight is 439 g/mol. The van der Waals surface area contributed by atoms with Crippen LogP contribution in [0.1, 0.15) is 23.4 Å². The lowest BCUT2D eigenvalue weighted by Crippen LogP contribution is -2.44. The van der Waals surface area contributed by atoms with E-state index >= 15 is 0 Å². The highest BCUT2D eigenvalue weighted by atomic mass is 19.1. The van der Waals surface area contributed by atoms with Gasteiger partial charge in [-0.3, -0.25) is 4.99 Å². The van der Waals surface area contributed by atoms with E-state index in [-0.39, 0.29) is 11.7 Å². The summed E-state index contributed by atoms with van der Waals surface area (Å²) in [4.78, 5) is 10.3. The van der Waals surface area contributed by atoms with Gasteiger partial charge in [-0.2, -0.15) is 0 Å². The Hall–Kier alpha value is -3.42. The summed E-state index contributed by atoms with van der Waals surface area (Å²) in [6.07, 6.45) is 4.55. The van der Waals surface area contributed by atoms with Gasteiger partial charge < -0.3 is 20.1 Å². The van der Waals surface area contributed by atoms with E-state index in [9.17, 15) is 8.78 Å². The smallest absolute Gasteiger partial charge is 0.191 e. The van der Waals surface area contributed by atoms with Gasteiger partial charge in [0.15, 0.2) is 5.96 Å². The Morgan fingerprint density at radius 2 is 1.91 bits per heavy atom. The zero-order valence-corrected chi connectivity index (χ0v) is 18.4. The number of hydrogen-bond acceptors (Lipinski definition) is 3. The number of guanidine groups is 1. The van der Waals surface area contributed by atoms with Crippen molar-refractivity contribution in [2.75, 3.05) is 25.0 Å². The molecule has 8 heteroatoms. The maximum absolute atomic E-state index is 14.1. The summed E-state index contributed by atoms with van der Waals surface area (Å²) in [5.41, 5.74) is 2.39. The molecule has 0 bridgehead atoms. The Morgan fingerprint density at radius 1 is 1.16 bits per heavy atom. The van der Waals surface area contributed by atoms with Gasteiger partial charge in [0.05, 0.1) is 0 Å². The van der Waals surface area contributed by atoms with E-state index in [0.717, 1.165) is 24.4 Å². The molecule has 1 aliphatic rings. The van der Waals surface area contributed by atoms with Crippen LogP contribution in [0.5, 0.6) is 0 Å². The third kappa shape index (κ3) is 5.07. The molecular weight excluding hydrogens is 410 g/mol. The van der Waals surface area contributed by atoms with Crippen LogP contribution in [0, 0.1) is 18.6 Å². The number of aryl methyl sites for hydroxylation is 1. The second-order valence-electron chi connectivity index (χ2n) is 7.99. The molecule has 1 aliphatic heterocycles. The molecule has 32 heavy (non-hydrogen) atoms. The van der Waals surface area contributed by atoms with Crippen molar-refractivity contribution >= 4 is 11.6 Å². The molecule has 0 amide bonds. The topological polar surface area (TPSA) is 57.5 Å². The van der Waals surface area contributed by atoms with Crippen LogP contribution in [0.4, 0.5) is 14.5 Å². The number of imidazole rings is 1. The second kappa shape index (κ2) is 9.80. The van der Waals surface area contributed by atoms with Crippen LogP contribution < -0.4 is 15.5 Å². The third-order valence-corrected chi connectivity index (χ3v) is 5.73. The molecule has 1 saturated heterocycles. The molecule has 0 radical (unpaired) electrons. The average Bonchev–Trinajstić information content (AvgIpc) is 3.40. The Kier molecular flexibility index (Phi) is 6.68.